The first kappa shape index (κ1) is 19.3. The highest BCUT2D eigenvalue weighted by atomic mass is 16.5. The fraction of sp³-hybridized carbons (Fsp3) is 0.238. The van der Waals surface area contributed by atoms with Crippen molar-refractivity contribution in [3.8, 4) is 5.75 Å². The molecule has 7 heteroatoms. The van der Waals surface area contributed by atoms with E-state index in [0.29, 0.717) is 16.9 Å². The summed E-state index contributed by atoms with van der Waals surface area (Å²) in [5.41, 5.74) is 2.61. The number of rotatable bonds is 7. The highest BCUT2D eigenvalue weighted by Crippen LogP contribution is 2.29. The van der Waals surface area contributed by atoms with Crippen LogP contribution in [0, 0.1) is 0 Å². The third kappa shape index (κ3) is 3.93. The van der Waals surface area contributed by atoms with E-state index in [1.165, 1.54) is 7.11 Å². The Morgan fingerprint density at radius 3 is 2.50 bits per heavy atom. The van der Waals surface area contributed by atoms with E-state index in [2.05, 4.69) is 10.3 Å². The number of methoxy groups -OCH3 is 2. The van der Waals surface area contributed by atoms with Gasteiger partial charge in [0.15, 0.2) is 6.04 Å². The van der Waals surface area contributed by atoms with Crippen molar-refractivity contribution in [2.24, 2.45) is 0 Å². The summed E-state index contributed by atoms with van der Waals surface area (Å²) in [5, 5.41) is 3.94. The lowest BCUT2D eigenvalue weighted by atomic mass is 10.0. The lowest BCUT2D eigenvalue weighted by Crippen LogP contribution is -2.23. The van der Waals surface area contributed by atoms with Crippen molar-refractivity contribution in [3.63, 3.8) is 0 Å². The van der Waals surface area contributed by atoms with Crippen molar-refractivity contribution in [2.75, 3.05) is 26.1 Å². The highest BCUT2D eigenvalue weighted by Gasteiger charge is 2.25. The van der Waals surface area contributed by atoms with Gasteiger partial charge in [-0.3, -0.25) is 0 Å². The largest absolute Gasteiger partial charge is 0.497 e. The number of aromatic nitrogens is 1. The Bertz CT molecular complexity index is 978. The molecule has 0 radical (unpaired) electrons. The van der Waals surface area contributed by atoms with Crippen LogP contribution in [-0.4, -0.2) is 37.7 Å². The SMILES string of the molecule is CCOC(=O)C(Nc1ccc(OC)cc1)c1c[nH]c2ccc(C(=O)OC)cc12. The molecule has 0 fully saturated rings. The molecule has 2 N–H and O–H groups in total. The van der Waals surface area contributed by atoms with Gasteiger partial charge in [-0.1, -0.05) is 0 Å². The molecule has 0 spiro atoms. The summed E-state index contributed by atoms with van der Waals surface area (Å²) in [4.78, 5) is 27.7. The van der Waals surface area contributed by atoms with Gasteiger partial charge in [0, 0.05) is 28.4 Å². The van der Waals surface area contributed by atoms with Gasteiger partial charge in [-0.25, -0.2) is 9.59 Å². The highest BCUT2D eigenvalue weighted by molar-refractivity contribution is 5.97. The zero-order chi connectivity index (χ0) is 20.1. The molecule has 0 bridgehead atoms. The van der Waals surface area contributed by atoms with Crippen LogP contribution < -0.4 is 10.1 Å². The quantitative estimate of drug-likeness (QED) is 0.606. The zero-order valence-electron chi connectivity index (χ0n) is 15.9. The van der Waals surface area contributed by atoms with E-state index in [1.54, 1.807) is 50.6 Å². The maximum absolute atomic E-state index is 12.7. The minimum atomic E-state index is -0.755. The van der Waals surface area contributed by atoms with Gasteiger partial charge in [0.2, 0.25) is 0 Å². The standard InChI is InChI=1S/C21H22N2O5/c1-4-28-21(25)19(23-14-6-8-15(26-2)9-7-14)17-12-22-18-10-5-13(11-16(17)18)20(24)27-3/h5-12,19,22-23H,4H2,1-3H3. The first-order valence-electron chi connectivity index (χ1n) is 8.84. The van der Waals surface area contributed by atoms with E-state index in [1.807, 2.05) is 12.1 Å². The van der Waals surface area contributed by atoms with Gasteiger partial charge in [-0.05, 0) is 49.4 Å². The minimum Gasteiger partial charge on any atom is -0.497 e. The van der Waals surface area contributed by atoms with Crippen LogP contribution in [0.2, 0.25) is 0 Å². The smallest absolute Gasteiger partial charge is 0.337 e. The average molecular weight is 382 g/mol. The van der Waals surface area contributed by atoms with Gasteiger partial charge in [-0.15, -0.1) is 0 Å². The molecule has 3 rings (SSSR count). The predicted molar refractivity (Wildman–Crippen MR) is 106 cm³/mol. The number of hydrogen-bond acceptors (Lipinski definition) is 6. The summed E-state index contributed by atoms with van der Waals surface area (Å²) in [6, 6.07) is 11.6. The number of carbonyl (C=O) groups is 2. The molecule has 146 valence electrons. The van der Waals surface area contributed by atoms with Crippen molar-refractivity contribution in [3.05, 3.63) is 59.8 Å². The van der Waals surface area contributed by atoms with E-state index in [4.69, 9.17) is 14.2 Å². The Morgan fingerprint density at radius 2 is 1.86 bits per heavy atom. The van der Waals surface area contributed by atoms with Gasteiger partial charge in [-0.2, -0.15) is 0 Å². The van der Waals surface area contributed by atoms with E-state index in [9.17, 15) is 9.59 Å². The van der Waals surface area contributed by atoms with Crippen molar-refractivity contribution < 1.29 is 23.8 Å². The number of fused-ring (bicyclic) bond motifs is 1. The third-order valence-corrected chi connectivity index (χ3v) is 4.37. The third-order valence-electron chi connectivity index (χ3n) is 4.37. The maximum Gasteiger partial charge on any atom is 0.337 e. The Hall–Kier alpha value is -3.48. The summed E-state index contributed by atoms with van der Waals surface area (Å²) >= 11 is 0. The fourth-order valence-electron chi connectivity index (χ4n) is 2.97. The fourth-order valence-corrected chi connectivity index (χ4v) is 2.97. The number of benzene rings is 2. The molecule has 3 aromatic rings. The molecule has 0 aliphatic rings. The normalized spacial score (nSPS) is 11.7. The average Bonchev–Trinajstić information content (AvgIpc) is 3.14. The van der Waals surface area contributed by atoms with Crippen LogP contribution in [0.4, 0.5) is 5.69 Å². The Kier molecular flexibility index (Phi) is 5.84. The maximum atomic E-state index is 12.7. The van der Waals surface area contributed by atoms with Gasteiger partial charge in [0.05, 0.1) is 26.4 Å². The molecular formula is C21H22N2O5. The molecule has 2 aromatic carbocycles. The second-order valence-electron chi connectivity index (χ2n) is 6.05. The second-order valence-corrected chi connectivity index (χ2v) is 6.05. The second kappa shape index (κ2) is 8.47. The van der Waals surface area contributed by atoms with Crippen molar-refractivity contribution in [2.45, 2.75) is 13.0 Å². The first-order valence-corrected chi connectivity index (χ1v) is 8.84. The topological polar surface area (TPSA) is 89.7 Å². The van der Waals surface area contributed by atoms with Gasteiger partial charge in [0.1, 0.15) is 5.75 Å². The summed E-state index contributed by atoms with van der Waals surface area (Å²) in [6.07, 6.45) is 1.74. The van der Waals surface area contributed by atoms with Gasteiger partial charge in [0.25, 0.3) is 0 Å². The molecule has 1 atom stereocenters. The Labute approximate surface area is 162 Å². The Balaban J connectivity index is 2.01. The van der Waals surface area contributed by atoms with Crippen LogP contribution in [-0.2, 0) is 14.3 Å². The molecule has 0 aliphatic carbocycles. The number of nitrogens with one attached hydrogen (secondary N) is 2. The minimum absolute atomic E-state index is 0.259. The number of anilines is 1. The van der Waals surface area contributed by atoms with Crippen LogP contribution in [0.1, 0.15) is 28.9 Å². The number of esters is 2. The van der Waals surface area contributed by atoms with Crippen molar-refractivity contribution in [1.29, 1.82) is 0 Å². The van der Waals surface area contributed by atoms with E-state index < -0.39 is 18.0 Å². The molecule has 28 heavy (non-hydrogen) atoms. The van der Waals surface area contributed by atoms with Gasteiger partial charge < -0.3 is 24.5 Å². The molecule has 1 unspecified atom stereocenters. The summed E-state index contributed by atoms with van der Waals surface area (Å²) in [6.45, 7) is 2.02. The van der Waals surface area contributed by atoms with Crippen LogP contribution in [0.5, 0.6) is 5.75 Å². The molecule has 7 nitrogen and oxygen atoms in total. The van der Waals surface area contributed by atoms with E-state index in [0.717, 1.165) is 16.6 Å². The summed E-state index contributed by atoms with van der Waals surface area (Å²) < 4.78 is 15.2. The number of ether oxygens (including phenoxy) is 3. The molecule has 1 aromatic heterocycles. The predicted octanol–water partition coefficient (Wildman–Crippen LogP) is 3.68. The van der Waals surface area contributed by atoms with E-state index >= 15 is 0 Å². The van der Waals surface area contributed by atoms with Crippen LogP contribution in [0.15, 0.2) is 48.7 Å². The number of H-pyrrole nitrogens is 1. The molecule has 0 amide bonds. The number of hydrogen-bond donors (Lipinski definition) is 2. The molecule has 0 aliphatic heterocycles. The summed E-state index contributed by atoms with van der Waals surface area (Å²) in [7, 11) is 2.92. The lowest BCUT2D eigenvalue weighted by molar-refractivity contribution is -0.144. The Morgan fingerprint density at radius 1 is 1.11 bits per heavy atom. The van der Waals surface area contributed by atoms with Crippen LogP contribution >= 0.6 is 0 Å². The van der Waals surface area contributed by atoms with Crippen molar-refractivity contribution >= 4 is 28.5 Å². The van der Waals surface area contributed by atoms with Crippen LogP contribution in [0.3, 0.4) is 0 Å². The zero-order valence-corrected chi connectivity index (χ0v) is 15.9. The molecule has 0 saturated heterocycles. The van der Waals surface area contributed by atoms with Crippen molar-refractivity contribution in [1.82, 2.24) is 4.98 Å². The lowest BCUT2D eigenvalue weighted by Gasteiger charge is -2.18. The molecular weight excluding hydrogens is 360 g/mol. The van der Waals surface area contributed by atoms with Gasteiger partial charge >= 0.3 is 11.9 Å². The van der Waals surface area contributed by atoms with Crippen LogP contribution in [0.25, 0.3) is 10.9 Å². The molecule has 0 saturated carbocycles. The monoisotopic (exact) mass is 382 g/mol. The number of aromatic amines is 1. The van der Waals surface area contributed by atoms with E-state index in [-0.39, 0.29) is 6.61 Å². The molecule has 1 heterocycles. The first-order chi connectivity index (χ1) is 13.6. The number of carbonyl (C=O) groups excluding carboxylic acids is 2. The summed E-state index contributed by atoms with van der Waals surface area (Å²) in [5.74, 6) is -0.138.